The van der Waals surface area contributed by atoms with E-state index in [0.717, 1.165) is 36.8 Å². The molecule has 0 N–H and O–H groups in total. The number of rotatable bonds is 2. The van der Waals surface area contributed by atoms with Crippen molar-refractivity contribution in [3.05, 3.63) is 47.9 Å². The van der Waals surface area contributed by atoms with Gasteiger partial charge in [0.25, 0.3) is 5.78 Å². The van der Waals surface area contributed by atoms with Crippen molar-refractivity contribution in [3.63, 3.8) is 0 Å². The first-order chi connectivity index (χ1) is 11.6. The van der Waals surface area contributed by atoms with E-state index in [1.54, 1.807) is 6.33 Å². The standard InChI is InChI=1S/C18H21N5O/c1-4-14-9-16(23-17(21-14)19-12-20-23)22-10-13-7-5-6-8-15(13)24-18(2,3)11-22/h5-9,12H,4,10-11H2,1-3H3. The van der Waals surface area contributed by atoms with E-state index in [9.17, 15) is 0 Å². The molecule has 0 atom stereocenters. The molecule has 6 heteroatoms. The molecule has 124 valence electrons. The minimum absolute atomic E-state index is 0.310. The molecule has 1 aromatic carbocycles. The zero-order chi connectivity index (χ0) is 16.7. The second-order valence-electron chi connectivity index (χ2n) is 6.76. The van der Waals surface area contributed by atoms with E-state index in [0.29, 0.717) is 5.78 Å². The number of para-hydroxylation sites is 1. The lowest BCUT2D eigenvalue weighted by Gasteiger charge is -2.30. The molecule has 6 nitrogen and oxygen atoms in total. The van der Waals surface area contributed by atoms with E-state index in [1.165, 1.54) is 5.56 Å². The van der Waals surface area contributed by atoms with E-state index in [-0.39, 0.29) is 5.60 Å². The molecule has 24 heavy (non-hydrogen) atoms. The number of hydrogen-bond acceptors (Lipinski definition) is 5. The number of benzene rings is 1. The molecule has 0 aliphatic carbocycles. The highest BCUT2D eigenvalue weighted by molar-refractivity contribution is 5.50. The van der Waals surface area contributed by atoms with Gasteiger partial charge < -0.3 is 9.64 Å². The number of hydrogen-bond donors (Lipinski definition) is 0. The first kappa shape index (κ1) is 14.9. The van der Waals surface area contributed by atoms with Crippen LogP contribution in [0.4, 0.5) is 5.82 Å². The van der Waals surface area contributed by atoms with Crippen LogP contribution in [0.2, 0.25) is 0 Å². The quantitative estimate of drug-likeness (QED) is 0.726. The van der Waals surface area contributed by atoms with Crippen molar-refractivity contribution in [3.8, 4) is 5.75 Å². The van der Waals surface area contributed by atoms with Crippen LogP contribution in [0.5, 0.6) is 5.75 Å². The zero-order valence-electron chi connectivity index (χ0n) is 14.2. The summed E-state index contributed by atoms with van der Waals surface area (Å²) in [5.74, 6) is 2.59. The van der Waals surface area contributed by atoms with Crippen LogP contribution in [0, 0.1) is 0 Å². The SMILES string of the molecule is CCc1cc(N2Cc3ccccc3OC(C)(C)C2)n2ncnc2n1. The van der Waals surface area contributed by atoms with Crippen molar-refractivity contribution in [2.24, 2.45) is 0 Å². The summed E-state index contributed by atoms with van der Waals surface area (Å²) in [7, 11) is 0. The Morgan fingerprint density at radius 2 is 2.08 bits per heavy atom. The molecule has 0 radical (unpaired) electrons. The molecule has 0 saturated heterocycles. The van der Waals surface area contributed by atoms with Gasteiger partial charge in [-0.15, -0.1) is 0 Å². The second kappa shape index (κ2) is 5.47. The zero-order valence-corrected chi connectivity index (χ0v) is 14.2. The van der Waals surface area contributed by atoms with E-state index < -0.39 is 0 Å². The van der Waals surface area contributed by atoms with Crippen molar-refractivity contribution >= 4 is 11.6 Å². The summed E-state index contributed by atoms with van der Waals surface area (Å²) in [5, 5.41) is 4.36. The molecule has 3 heterocycles. The lowest BCUT2D eigenvalue weighted by atomic mass is 10.1. The Hall–Kier alpha value is -2.63. The van der Waals surface area contributed by atoms with Gasteiger partial charge in [-0.1, -0.05) is 25.1 Å². The minimum atomic E-state index is -0.310. The summed E-state index contributed by atoms with van der Waals surface area (Å²) in [6.45, 7) is 7.85. The van der Waals surface area contributed by atoms with E-state index in [1.807, 2.05) is 22.7 Å². The highest BCUT2D eigenvalue weighted by Crippen LogP contribution is 2.32. The smallest absolute Gasteiger partial charge is 0.254 e. The summed E-state index contributed by atoms with van der Waals surface area (Å²) < 4.78 is 8.05. The van der Waals surface area contributed by atoms with Gasteiger partial charge in [0.15, 0.2) is 0 Å². The van der Waals surface area contributed by atoms with Crippen LogP contribution in [-0.4, -0.2) is 31.7 Å². The van der Waals surface area contributed by atoms with Gasteiger partial charge >= 0.3 is 0 Å². The number of nitrogens with zero attached hydrogens (tertiary/aromatic N) is 5. The number of anilines is 1. The molecule has 1 aliphatic heterocycles. The Morgan fingerprint density at radius 1 is 1.25 bits per heavy atom. The van der Waals surface area contributed by atoms with Crippen LogP contribution in [0.15, 0.2) is 36.7 Å². The molecular formula is C18H21N5O. The maximum Gasteiger partial charge on any atom is 0.254 e. The molecular weight excluding hydrogens is 302 g/mol. The summed E-state index contributed by atoms with van der Waals surface area (Å²) >= 11 is 0. The third-order valence-electron chi connectivity index (χ3n) is 4.26. The van der Waals surface area contributed by atoms with Crippen LogP contribution in [0.25, 0.3) is 5.78 Å². The highest BCUT2D eigenvalue weighted by atomic mass is 16.5. The van der Waals surface area contributed by atoms with Crippen LogP contribution in [0.1, 0.15) is 32.0 Å². The van der Waals surface area contributed by atoms with Gasteiger partial charge in [-0.2, -0.15) is 14.6 Å². The van der Waals surface area contributed by atoms with Gasteiger partial charge in [-0.25, -0.2) is 4.98 Å². The van der Waals surface area contributed by atoms with Crippen LogP contribution in [0.3, 0.4) is 0 Å². The van der Waals surface area contributed by atoms with Crippen molar-refractivity contribution in [1.29, 1.82) is 0 Å². The van der Waals surface area contributed by atoms with Gasteiger partial charge in [0.2, 0.25) is 0 Å². The summed E-state index contributed by atoms with van der Waals surface area (Å²) in [4.78, 5) is 11.1. The fraction of sp³-hybridized carbons (Fsp3) is 0.389. The van der Waals surface area contributed by atoms with Crippen LogP contribution < -0.4 is 9.64 Å². The fourth-order valence-electron chi connectivity index (χ4n) is 3.20. The molecule has 0 amide bonds. The van der Waals surface area contributed by atoms with Crippen molar-refractivity contribution in [2.45, 2.75) is 39.3 Å². The minimum Gasteiger partial charge on any atom is -0.486 e. The Kier molecular flexibility index (Phi) is 3.40. The van der Waals surface area contributed by atoms with Crippen molar-refractivity contribution in [2.75, 3.05) is 11.4 Å². The molecule has 1 aliphatic rings. The normalized spacial score (nSPS) is 16.5. The lowest BCUT2D eigenvalue weighted by Crippen LogP contribution is -2.41. The first-order valence-electron chi connectivity index (χ1n) is 8.27. The van der Waals surface area contributed by atoms with Gasteiger partial charge in [0.1, 0.15) is 23.5 Å². The van der Waals surface area contributed by atoms with Gasteiger partial charge in [0, 0.05) is 23.9 Å². The van der Waals surface area contributed by atoms with Crippen molar-refractivity contribution < 1.29 is 4.74 Å². The summed E-state index contributed by atoms with van der Waals surface area (Å²) in [6.07, 6.45) is 2.42. The first-order valence-corrected chi connectivity index (χ1v) is 8.27. The van der Waals surface area contributed by atoms with Crippen LogP contribution in [-0.2, 0) is 13.0 Å². The number of ether oxygens (including phenoxy) is 1. The van der Waals surface area contributed by atoms with E-state index >= 15 is 0 Å². The van der Waals surface area contributed by atoms with Gasteiger partial charge in [0.05, 0.1) is 6.54 Å². The van der Waals surface area contributed by atoms with E-state index in [2.05, 4.69) is 52.9 Å². The molecule has 0 saturated carbocycles. The highest BCUT2D eigenvalue weighted by Gasteiger charge is 2.30. The summed E-state index contributed by atoms with van der Waals surface area (Å²) in [6, 6.07) is 10.3. The molecule has 3 aromatic rings. The molecule has 0 spiro atoms. The lowest BCUT2D eigenvalue weighted by molar-refractivity contribution is 0.121. The van der Waals surface area contributed by atoms with Gasteiger partial charge in [-0.3, -0.25) is 0 Å². The fourth-order valence-corrected chi connectivity index (χ4v) is 3.20. The third-order valence-corrected chi connectivity index (χ3v) is 4.26. The molecule has 0 unspecified atom stereocenters. The number of aromatic nitrogens is 4. The second-order valence-corrected chi connectivity index (χ2v) is 6.76. The molecule has 0 bridgehead atoms. The van der Waals surface area contributed by atoms with Gasteiger partial charge in [-0.05, 0) is 26.3 Å². The average molecular weight is 323 g/mol. The Bertz CT molecular complexity index is 886. The maximum atomic E-state index is 6.24. The maximum absolute atomic E-state index is 6.24. The third kappa shape index (κ3) is 2.58. The average Bonchev–Trinajstić information content (AvgIpc) is 2.97. The Labute approximate surface area is 141 Å². The molecule has 0 fully saturated rings. The predicted octanol–water partition coefficient (Wildman–Crippen LogP) is 2.86. The Morgan fingerprint density at radius 3 is 2.92 bits per heavy atom. The largest absolute Gasteiger partial charge is 0.486 e. The monoisotopic (exact) mass is 323 g/mol. The number of fused-ring (bicyclic) bond motifs is 2. The van der Waals surface area contributed by atoms with Crippen molar-refractivity contribution in [1.82, 2.24) is 19.6 Å². The van der Waals surface area contributed by atoms with E-state index in [4.69, 9.17) is 4.74 Å². The topological polar surface area (TPSA) is 55.6 Å². The number of aryl methyl sites for hydroxylation is 1. The predicted molar refractivity (Wildman–Crippen MR) is 92.4 cm³/mol. The Balaban J connectivity index is 1.85. The summed E-state index contributed by atoms with van der Waals surface area (Å²) in [5.41, 5.74) is 1.88. The molecule has 4 rings (SSSR count). The van der Waals surface area contributed by atoms with Crippen LogP contribution >= 0.6 is 0 Å². The molecule has 2 aromatic heterocycles.